The van der Waals surface area contributed by atoms with Crippen LogP contribution in [0.25, 0.3) is 20.9 Å². The molecule has 0 radical (unpaired) electrons. The van der Waals surface area contributed by atoms with Crippen LogP contribution in [0.2, 0.25) is 0 Å². The second-order valence-electron chi connectivity index (χ2n) is 15.5. The van der Waals surface area contributed by atoms with Crippen LogP contribution >= 0.6 is 22.7 Å². The van der Waals surface area contributed by atoms with E-state index in [9.17, 15) is 0 Å². The van der Waals surface area contributed by atoms with Crippen molar-refractivity contribution in [3.63, 3.8) is 0 Å². The summed E-state index contributed by atoms with van der Waals surface area (Å²) in [6.07, 6.45) is 13.6. The topological polar surface area (TPSA) is 0 Å². The fourth-order valence-electron chi connectivity index (χ4n) is 9.31. The molecule has 2 heteroatoms. The van der Waals surface area contributed by atoms with Crippen molar-refractivity contribution < 1.29 is 0 Å². The summed E-state index contributed by atoms with van der Waals surface area (Å²) < 4.78 is 0. The number of hydrogen-bond acceptors (Lipinski definition) is 2. The maximum atomic E-state index is 2.52. The molecule has 2 aliphatic rings. The summed E-state index contributed by atoms with van der Waals surface area (Å²) in [5, 5.41) is 0. The minimum absolute atomic E-state index is 0.232. The Morgan fingerprint density at radius 1 is 0.442 bits per heavy atom. The zero-order valence-corrected chi connectivity index (χ0v) is 33.9. The summed E-state index contributed by atoms with van der Waals surface area (Å²) in [6, 6.07) is 41.0. The Labute approximate surface area is 322 Å². The van der Waals surface area contributed by atoms with E-state index < -0.39 is 0 Å². The van der Waals surface area contributed by atoms with Crippen molar-refractivity contribution in [2.45, 2.75) is 117 Å². The van der Waals surface area contributed by atoms with Gasteiger partial charge in [0, 0.05) is 24.9 Å². The van der Waals surface area contributed by atoms with Gasteiger partial charge in [0.1, 0.15) is 0 Å². The molecular weight excluding hydrogens is 665 g/mol. The molecule has 0 atom stereocenters. The van der Waals surface area contributed by atoms with Crippen LogP contribution in [-0.2, 0) is 10.8 Å². The monoisotopic (exact) mass is 720 g/mol. The molecule has 0 saturated carbocycles. The Balaban J connectivity index is 0.000000162. The van der Waals surface area contributed by atoms with Crippen molar-refractivity contribution in [3.8, 4) is 20.9 Å². The molecule has 8 rings (SSSR count). The van der Waals surface area contributed by atoms with E-state index in [0.29, 0.717) is 0 Å². The summed E-state index contributed by atoms with van der Waals surface area (Å²) >= 11 is 3.93. The van der Waals surface area contributed by atoms with Crippen LogP contribution in [0, 0.1) is 27.7 Å². The zero-order chi connectivity index (χ0) is 36.3. The van der Waals surface area contributed by atoms with E-state index in [4.69, 9.17) is 0 Å². The Kier molecular flexibility index (Phi) is 11.1. The van der Waals surface area contributed by atoms with Crippen LogP contribution in [-0.4, -0.2) is 0 Å². The maximum absolute atomic E-state index is 2.52. The second kappa shape index (κ2) is 15.7. The highest BCUT2D eigenvalue weighted by atomic mass is 32.1. The predicted octanol–water partition coefficient (Wildman–Crippen LogP) is 15.3. The van der Waals surface area contributed by atoms with Gasteiger partial charge in [0.05, 0.1) is 5.41 Å². The van der Waals surface area contributed by atoms with Crippen molar-refractivity contribution in [2.24, 2.45) is 0 Å². The van der Waals surface area contributed by atoms with Crippen molar-refractivity contribution in [2.75, 3.05) is 0 Å². The molecule has 0 aliphatic heterocycles. The van der Waals surface area contributed by atoms with E-state index in [0.717, 1.165) is 0 Å². The SMILES string of the molecule is CCCCCCC1(CCCCCC)c2cc(C)ccc2-c2sc(C)cc21.Cc1ccc2c(c1)C(c1ccccc1)(c1ccccc1)c1cc(C)sc1-2. The van der Waals surface area contributed by atoms with Crippen LogP contribution in [0.5, 0.6) is 0 Å². The van der Waals surface area contributed by atoms with Gasteiger partial charge in [-0.25, -0.2) is 0 Å². The van der Waals surface area contributed by atoms with Gasteiger partial charge in [0.2, 0.25) is 0 Å². The van der Waals surface area contributed by atoms with Crippen molar-refractivity contribution in [1.29, 1.82) is 0 Å². The number of rotatable bonds is 12. The first kappa shape index (κ1) is 36.6. The highest BCUT2D eigenvalue weighted by molar-refractivity contribution is 7.16. The lowest BCUT2D eigenvalue weighted by Crippen LogP contribution is -2.28. The van der Waals surface area contributed by atoms with Gasteiger partial charge in [0.25, 0.3) is 0 Å². The summed E-state index contributed by atoms with van der Waals surface area (Å²) in [6.45, 7) is 13.6. The quantitative estimate of drug-likeness (QED) is 0.110. The molecule has 2 heterocycles. The zero-order valence-electron chi connectivity index (χ0n) is 32.3. The van der Waals surface area contributed by atoms with E-state index in [-0.39, 0.29) is 10.8 Å². The summed E-state index contributed by atoms with van der Waals surface area (Å²) in [5.74, 6) is 0. The van der Waals surface area contributed by atoms with Gasteiger partial charge in [0.15, 0.2) is 0 Å². The second-order valence-corrected chi connectivity index (χ2v) is 18.0. The fourth-order valence-corrected chi connectivity index (χ4v) is 11.6. The molecule has 2 aromatic heterocycles. The number of aryl methyl sites for hydroxylation is 4. The summed E-state index contributed by atoms with van der Waals surface area (Å²) in [4.78, 5) is 5.85. The Bertz CT molecular complexity index is 2060. The molecule has 0 nitrogen and oxygen atoms in total. The van der Waals surface area contributed by atoms with Crippen molar-refractivity contribution in [1.82, 2.24) is 0 Å². The van der Waals surface area contributed by atoms with Crippen LogP contribution in [0.3, 0.4) is 0 Å². The number of benzene rings is 4. The molecule has 52 heavy (non-hydrogen) atoms. The molecular formula is C50H56S2. The van der Waals surface area contributed by atoms with Gasteiger partial charge >= 0.3 is 0 Å². The molecule has 6 aromatic rings. The third kappa shape index (κ3) is 6.56. The first-order valence-electron chi connectivity index (χ1n) is 19.9. The molecule has 0 unspecified atom stereocenters. The van der Waals surface area contributed by atoms with Gasteiger partial charge < -0.3 is 0 Å². The van der Waals surface area contributed by atoms with Crippen LogP contribution in [0.4, 0.5) is 0 Å². The molecule has 0 N–H and O–H groups in total. The van der Waals surface area contributed by atoms with Gasteiger partial charge in [-0.05, 0) is 97.2 Å². The van der Waals surface area contributed by atoms with E-state index in [2.05, 4.69) is 151 Å². The van der Waals surface area contributed by atoms with E-state index in [1.54, 1.807) is 16.0 Å². The Hall–Kier alpha value is -3.72. The van der Waals surface area contributed by atoms with Crippen LogP contribution < -0.4 is 0 Å². The number of thiophene rings is 2. The number of hydrogen-bond donors (Lipinski definition) is 0. The number of fused-ring (bicyclic) bond motifs is 6. The fraction of sp³-hybridized carbons (Fsp3) is 0.360. The van der Waals surface area contributed by atoms with Crippen molar-refractivity contribution >= 4 is 22.7 Å². The van der Waals surface area contributed by atoms with Gasteiger partial charge in [-0.3, -0.25) is 0 Å². The smallest absolute Gasteiger partial charge is 0.0722 e. The molecule has 4 aromatic carbocycles. The molecule has 0 amide bonds. The highest BCUT2D eigenvalue weighted by Crippen LogP contribution is 2.59. The lowest BCUT2D eigenvalue weighted by Gasteiger charge is -2.33. The average molecular weight is 721 g/mol. The lowest BCUT2D eigenvalue weighted by atomic mass is 9.68. The van der Waals surface area contributed by atoms with E-state index in [1.165, 1.54) is 123 Å². The first-order chi connectivity index (χ1) is 25.3. The first-order valence-corrected chi connectivity index (χ1v) is 21.5. The Morgan fingerprint density at radius 3 is 1.42 bits per heavy atom. The summed E-state index contributed by atoms with van der Waals surface area (Å²) in [7, 11) is 0. The predicted molar refractivity (Wildman–Crippen MR) is 229 cm³/mol. The minimum atomic E-state index is -0.232. The molecule has 0 spiro atoms. The van der Waals surface area contributed by atoms with Crippen LogP contribution in [0.15, 0.2) is 109 Å². The Morgan fingerprint density at radius 2 is 0.904 bits per heavy atom. The van der Waals surface area contributed by atoms with E-state index in [1.807, 2.05) is 22.7 Å². The van der Waals surface area contributed by atoms with Gasteiger partial charge in [-0.1, -0.05) is 173 Å². The highest BCUT2D eigenvalue weighted by Gasteiger charge is 2.47. The molecule has 0 fully saturated rings. The molecule has 268 valence electrons. The number of unbranched alkanes of at least 4 members (excludes halogenated alkanes) is 6. The van der Waals surface area contributed by atoms with Gasteiger partial charge in [-0.15, -0.1) is 22.7 Å². The molecule has 0 saturated heterocycles. The van der Waals surface area contributed by atoms with E-state index >= 15 is 0 Å². The standard InChI is InChI=1S/C25H20S.C25H36S/c1-17-13-14-21-22(15-17)25(19-9-5-3-6-10-19,20-11-7-4-8-12-20)23-16-18(2)26-24(21)23;1-5-7-9-11-15-25(16-12-10-8-6-2)22-17-19(3)13-14-21(22)24-23(25)18-20(4)26-24/h3-16H,1-2H3;13-14,17-18H,5-12,15-16H2,1-4H3. The normalized spacial score (nSPS) is 14.3. The molecule has 0 bridgehead atoms. The molecule has 2 aliphatic carbocycles. The third-order valence-corrected chi connectivity index (χ3v) is 13.9. The summed E-state index contributed by atoms with van der Waals surface area (Å²) in [5.41, 5.74) is 14.5. The van der Waals surface area contributed by atoms with Gasteiger partial charge in [-0.2, -0.15) is 0 Å². The minimum Gasteiger partial charge on any atom is -0.140 e. The third-order valence-electron chi connectivity index (χ3n) is 11.7. The van der Waals surface area contributed by atoms with Crippen LogP contribution in [0.1, 0.15) is 132 Å². The lowest BCUT2D eigenvalue weighted by molar-refractivity contribution is 0.401. The maximum Gasteiger partial charge on any atom is 0.0722 e. The largest absolute Gasteiger partial charge is 0.140 e. The van der Waals surface area contributed by atoms with Crippen molar-refractivity contribution in [3.05, 3.63) is 163 Å². The average Bonchev–Trinajstić information content (AvgIpc) is 3.87.